The summed E-state index contributed by atoms with van der Waals surface area (Å²) in [5.74, 6) is -0.990. The van der Waals surface area contributed by atoms with Crippen molar-refractivity contribution in [3.63, 3.8) is 0 Å². The number of oxime groups is 2. The Labute approximate surface area is 287 Å². The Bertz CT molecular complexity index is 1740. The van der Waals surface area contributed by atoms with Crippen molar-refractivity contribution in [3.8, 4) is 11.8 Å². The summed E-state index contributed by atoms with van der Waals surface area (Å²) in [7, 11) is -1.43. The summed E-state index contributed by atoms with van der Waals surface area (Å²) >= 11 is 1.21. The summed E-state index contributed by atoms with van der Waals surface area (Å²) < 4.78 is 128. The van der Waals surface area contributed by atoms with Crippen LogP contribution in [-0.4, -0.2) is 87.9 Å². The van der Waals surface area contributed by atoms with E-state index in [1.54, 1.807) is 13.8 Å². The third-order valence-corrected chi connectivity index (χ3v) is 10.1. The Balaban J connectivity index is 0.000000195. The highest BCUT2D eigenvalue weighted by Crippen LogP contribution is 2.40. The molecule has 50 heavy (non-hydrogen) atoms. The molecule has 0 aliphatic carbocycles. The van der Waals surface area contributed by atoms with Crippen molar-refractivity contribution in [1.29, 1.82) is 0 Å². The van der Waals surface area contributed by atoms with Gasteiger partial charge in [0.25, 0.3) is 0 Å². The Kier molecular flexibility index (Phi) is 10.4. The average molecular weight is 763 g/mol. The maximum Gasteiger partial charge on any atom is 0.435 e. The summed E-state index contributed by atoms with van der Waals surface area (Å²) in [5, 5.41) is 14.9. The van der Waals surface area contributed by atoms with Crippen LogP contribution >= 0.6 is 11.8 Å². The number of alkyl halides is 6. The van der Waals surface area contributed by atoms with Crippen LogP contribution in [0.15, 0.2) is 10.3 Å². The molecule has 4 aliphatic heterocycles. The van der Waals surface area contributed by atoms with Gasteiger partial charge in [0.1, 0.15) is 28.5 Å². The number of halogens is 6. The molecule has 0 saturated carbocycles. The van der Waals surface area contributed by atoms with Crippen LogP contribution in [0, 0.1) is 0 Å². The van der Waals surface area contributed by atoms with Crippen LogP contribution in [0.5, 0.6) is 11.8 Å². The summed E-state index contributed by atoms with van der Waals surface area (Å²) in [5.41, 5.74) is -3.99. The SMILES string of the molecule is Cn1nc(C(F)(F)F)c(CS(=O)(=O)C2=NOC(C)(C)C2)c1OC1COC1.Cn1nc(C(F)(F)F)c(CSC2=NOC(C)(C)C2)c1OC1COC1. The number of thioether (sulfide) groups is 1. The van der Waals surface area contributed by atoms with Crippen molar-refractivity contribution in [2.24, 2.45) is 24.4 Å². The quantitative estimate of drug-likeness (QED) is 0.347. The second-order valence-corrected chi connectivity index (χ2v) is 16.2. The molecule has 0 spiro atoms. The molecule has 0 atom stereocenters. The van der Waals surface area contributed by atoms with E-state index in [-0.39, 0.29) is 53.9 Å². The van der Waals surface area contributed by atoms with Crippen molar-refractivity contribution >= 4 is 31.7 Å². The van der Waals surface area contributed by atoms with E-state index in [2.05, 4.69) is 20.5 Å². The van der Waals surface area contributed by atoms with Crippen LogP contribution in [0.25, 0.3) is 0 Å². The van der Waals surface area contributed by atoms with E-state index in [1.165, 1.54) is 25.9 Å². The topological polar surface area (TPSA) is 150 Å². The first-order valence-corrected chi connectivity index (χ1v) is 17.8. The maximum atomic E-state index is 13.3. The predicted molar refractivity (Wildman–Crippen MR) is 165 cm³/mol. The molecule has 2 aromatic heterocycles. The average Bonchev–Trinajstić information content (AvgIpc) is 3.66. The summed E-state index contributed by atoms with van der Waals surface area (Å²) in [6.07, 6.45) is -9.52. The summed E-state index contributed by atoms with van der Waals surface area (Å²) in [4.78, 5) is 10.3. The summed E-state index contributed by atoms with van der Waals surface area (Å²) in [6.45, 7) is 8.19. The van der Waals surface area contributed by atoms with Gasteiger partial charge in [0, 0.05) is 32.7 Å². The van der Waals surface area contributed by atoms with E-state index < -0.39 is 62.2 Å². The number of nitrogens with zero attached hydrogens (tertiary/aromatic N) is 6. The highest BCUT2D eigenvalue weighted by molar-refractivity contribution is 8.13. The highest BCUT2D eigenvalue weighted by atomic mass is 32.2. The van der Waals surface area contributed by atoms with Crippen molar-refractivity contribution in [2.45, 2.75) is 87.8 Å². The predicted octanol–water partition coefficient (Wildman–Crippen LogP) is 4.61. The first-order chi connectivity index (χ1) is 23.0. The van der Waals surface area contributed by atoms with Gasteiger partial charge in [-0.1, -0.05) is 10.3 Å². The minimum absolute atomic E-state index is 0.0225. The van der Waals surface area contributed by atoms with Gasteiger partial charge in [-0.2, -0.15) is 36.5 Å². The van der Waals surface area contributed by atoms with Gasteiger partial charge in [-0.15, -0.1) is 11.8 Å². The van der Waals surface area contributed by atoms with Crippen LogP contribution < -0.4 is 9.47 Å². The second kappa shape index (κ2) is 13.7. The number of aromatic nitrogens is 4. The fourth-order valence-electron chi connectivity index (χ4n) is 4.87. The molecular weight excluding hydrogens is 726 g/mol. The van der Waals surface area contributed by atoms with Crippen LogP contribution in [0.1, 0.15) is 63.1 Å². The lowest BCUT2D eigenvalue weighted by Gasteiger charge is -2.27. The highest BCUT2D eigenvalue weighted by Gasteiger charge is 2.44. The molecule has 4 aliphatic rings. The van der Waals surface area contributed by atoms with E-state index >= 15 is 0 Å². The van der Waals surface area contributed by atoms with Crippen molar-refractivity contribution < 1.29 is 63.4 Å². The van der Waals surface area contributed by atoms with Gasteiger partial charge in [0.05, 0.1) is 43.3 Å². The molecule has 2 fully saturated rings. The standard InChI is InChI=1S/C14H18F3N3O5S.C14H18F3N3O3S/c1-13(2)4-10(19-25-13)26(21,22)7-9-11(14(15,16)17)18-20(3)12(9)24-8-5-23-6-8;1-13(2)4-10(19-23-13)24-7-9-11(14(15,16)17)18-20(3)12(9)22-8-5-21-6-8/h8H,4-7H2,1-3H3;8H,4-7H2,1-3H3. The molecule has 0 N–H and O–H groups in total. The molecule has 280 valence electrons. The number of aryl methyl sites for hydroxylation is 2. The smallest absolute Gasteiger partial charge is 0.435 e. The van der Waals surface area contributed by atoms with Gasteiger partial charge in [-0.25, -0.2) is 17.8 Å². The van der Waals surface area contributed by atoms with Gasteiger partial charge in [-0.05, 0) is 27.7 Å². The van der Waals surface area contributed by atoms with Crippen molar-refractivity contribution in [1.82, 2.24) is 19.6 Å². The van der Waals surface area contributed by atoms with Crippen LogP contribution in [0.3, 0.4) is 0 Å². The molecule has 0 amide bonds. The van der Waals surface area contributed by atoms with Crippen LogP contribution in [-0.2, 0) is 66.9 Å². The minimum atomic E-state index is -4.83. The molecule has 22 heteroatoms. The molecule has 0 aromatic carbocycles. The molecule has 6 heterocycles. The number of hydrogen-bond donors (Lipinski definition) is 0. The van der Waals surface area contributed by atoms with Crippen molar-refractivity contribution in [3.05, 3.63) is 22.5 Å². The van der Waals surface area contributed by atoms with Crippen molar-refractivity contribution in [2.75, 3.05) is 26.4 Å². The second-order valence-electron chi connectivity index (χ2n) is 13.1. The zero-order chi connectivity index (χ0) is 36.9. The largest absolute Gasteiger partial charge is 0.469 e. The lowest BCUT2D eigenvalue weighted by Crippen LogP contribution is -2.39. The molecular formula is C28H36F6N6O8S2. The zero-order valence-electron chi connectivity index (χ0n) is 27.8. The lowest BCUT2D eigenvalue weighted by atomic mass is 10.1. The van der Waals surface area contributed by atoms with E-state index in [1.807, 2.05) is 13.8 Å². The Hall–Kier alpha value is -3.24. The first-order valence-electron chi connectivity index (χ1n) is 15.2. The molecule has 2 saturated heterocycles. The number of ether oxygens (including phenoxy) is 4. The van der Waals surface area contributed by atoms with E-state index in [0.29, 0.717) is 24.7 Å². The monoisotopic (exact) mass is 762 g/mol. The Morgan fingerprint density at radius 1 is 0.780 bits per heavy atom. The molecule has 6 rings (SSSR count). The molecule has 0 radical (unpaired) electrons. The summed E-state index contributed by atoms with van der Waals surface area (Å²) in [6, 6.07) is 0. The molecule has 0 unspecified atom stereocenters. The van der Waals surface area contributed by atoms with E-state index in [0.717, 1.165) is 9.36 Å². The normalized spacial score (nSPS) is 20.5. The van der Waals surface area contributed by atoms with Gasteiger partial charge < -0.3 is 28.6 Å². The van der Waals surface area contributed by atoms with Crippen LogP contribution in [0.2, 0.25) is 0 Å². The Morgan fingerprint density at radius 2 is 1.24 bits per heavy atom. The third-order valence-electron chi connectivity index (χ3n) is 7.50. The van der Waals surface area contributed by atoms with Gasteiger partial charge >= 0.3 is 12.4 Å². The third kappa shape index (κ3) is 8.79. The fraction of sp³-hybridized carbons (Fsp3) is 0.714. The van der Waals surface area contributed by atoms with E-state index in [4.69, 9.17) is 28.6 Å². The molecule has 14 nitrogen and oxygen atoms in total. The lowest BCUT2D eigenvalue weighted by molar-refractivity contribution is -0.142. The fourth-order valence-corrected chi connectivity index (χ4v) is 7.51. The van der Waals surface area contributed by atoms with Gasteiger partial charge in [0.2, 0.25) is 11.8 Å². The van der Waals surface area contributed by atoms with Gasteiger partial charge in [-0.3, -0.25) is 0 Å². The minimum Gasteiger partial charge on any atom is -0.469 e. The van der Waals surface area contributed by atoms with Crippen LogP contribution in [0.4, 0.5) is 26.3 Å². The zero-order valence-corrected chi connectivity index (χ0v) is 29.5. The number of rotatable bonds is 8. The first kappa shape index (κ1) is 38.0. The maximum absolute atomic E-state index is 13.3. The molecule has 0 bridgehead atoms. The molecule has 2 aromatic rings. The number of hydrogen-bond acceptors (Lipinski definition) is 13. The van der Waals surface area contributed by atoms with E-state index in [9.17, 15) is 34.8 Å². The van der Waals surface area contributed by atoms with Gasteiger partial charge in [0.15, 0.2) is 26.3 Å². The Morgan fingerprint density at radius 3 is 1.64 bits per heavy atom. The number of sulfone groups is 1.